The van der Waals surface area contributed by atoms with E-state index in [2.05, 4.69) is 2.58 Å². The fraction of sp³-hybridized carbons (Fsp3) is 1.00. The fourth-order valence-corrected chi connectivity index (χ4v) is 1.60. The van der Waals surface area contributed by atoms with E-state index in [0.717, 1.165) is 0 Å². The minimum absolute atomic E-state index is 0.166. The fourth-order valence-electron chi connectivity index (χ4n) is 0.0797. The molecule has 4 heteroatoms. The summed E-state index contributed by atoms with van der Waals surface area (Å²) in [4.78, 5) is 0. The molecule has 0 heterocycles. The predicted molar refractivity (Wildman–Crippen MR) is 45.7 cm³/mol. The molecule has 8 heavy (non-hydrogen) atoms. The van der Waals surface area contributed by atoms with Crippen LogP contribution in [0.4, 0.5) is 0 Å². The Labute approximate surface area is 64.7 Å². The second-order valence-electron chi connectivity index (χ2n) is 1.98. The Morgan fingerprint density at radius 2 is 2.00 bits per heavy atom. The topological polar surface area (TPSA) is 29.4 Å². The van der Waals surface area contributed by atoms with Gasteiger partial charge in [0.05, 0.1) is 32.6 Å². The van der Waals surface area contributed by atoms with Crippen molar-refractivity contribution in [1.29, 1.82) is 0 Å². The van der Waals surface area contributed by atoms with Gasteiger partial charge in [-0.1, -0.05) is 13.8 Å². The second kappa shape index (κ2) is 3.00. The van der Waals surface area contributed by atoms with Gasteiger partial charge in [-0.3, -0.25) is 0 Å². The Morgan fingerprint density at radius 3 is 2.00 bits per heavy atom. The van der Waals surface area contributed by atoms with Crippen LogP contribution >= 0.6 is 22.9 Å². The summed E-state index contributed by atoms with van der Waals surface area (Å²) < 4.78 is 14.8. The quantitative estimate of drug-likeness (QED) is 0.650. The van der Waals surface area contributed by atoms with E-state index in [0.29, 0.717) is 0 Å². The molecule has 0 rings (SSSR count). The molecule has 0 aromatic rings. The van der Waals surface area contributed by atoms with Crippen molar-refractivity contribution in [2.24, 2.45) is 2.58 Å². The summed E-state index contributed by atoms with van der Waals surface area (Å²) in [6.45, 7) is 3.81. The van der Waals surface area contributed by atoms with Crippen molar-refractivity contribution in [2.75, 3.05) is 6.26 Å². The van der Waals surface area contributed by atoms with E-state index < -0.39 is 9.73 Å². The molecule has 1 unspecified atom stereocenters. The van der Waals surface area contributed by atoms with Crippen LogP contribution < -0.4 is 0 Å². The standard InChI is InChI=1S/C4H10INOS/c1-4(2)8(3,7)6-5/h4H,1-3H3. The molecule has 0 aliphatic heterocycles. The zero-order chi connectivity index (χ0) is 6.78. The molecule has 0 aliphatic rings. The molecule has 0 aliphatic carbocycles. The van der Waals surface area contributed by atoms with E-state index in [1.54, 1.807) is 29.1 Å². The Hall–Kier alpha value is 0.680. The largest absolute Gasteiger partial charge is 0.249 e. The predicted octanol–water partition coefficient (Wildman–Crippen LogP) is 1.84. The second-order valence-corrected chi connectivity index (χ2v) is 5.96. The number of hydrogen-bond acceptors (Lipinski definition) is 2. The molecule has 1 atom stereocenters. The van der Waals surface area contributed by atoms with Crippen molar-refractivity contribution in [1.82, 2.24) is 0 Å². The van der Waals surface area contributed by atoms with Crippen molar-refractivity contribution in [3.8, 4) is 0 Å². The smallest absolute Gasteiger partial charge is 0.0952 e. The lowest BCUT2D eigenvalue weighted by Crippen LogP contribution is -2.09. The zero-order valence-electron chi connectivity index (χ0n) is 5.22. The van der Waals surface area contributed by atoms with Crippen LogP contribution in [0.15, 0.2) is 2.58 Å². The lowest BCUT2D eigenvalue weighted by atomic mass is 10.6. The molecule has 0 bridgehead atoms. The third-order valence-corrected chi connectivity index (χ3v) is 5.38. The van der Waals surface area contributed by atoms with Gasteiger partial charge in [-0.25, -0.2) is 4.21 Å². The highest BCUT2D eigenvalue weighted by atomic mass is 127. The van der Waals surface area contributed by atoms with Crippen LogP contribution in [0.3, 0.4) is 0 Å². The van der Waals surface area contributed by atoms with Gasteiger partial charge < -0.3 is 0 Å². The third-order valence-electron chi connectivity index (χ3n) is 1.01. The number of hydrogen-bond donors (Lipinski definition) is 0. The van der Waals surface area contributed by atoms with Gasteiger partial charge in [0.25, 0.3) is 0 Å². The SMILES string of the molecule is CC(C)S(C)(=O)=NI. The first kappa shape index (κ1) is 8.68. The lowest BCUT2D eigenvalue weighted by molar-refractivity contribution is 0.675. The van der Waals surface area contributed by atoms with Crippen molar-refractivity contribution in [3.05, 3.63) is 0 Å². The van der Waals surface area contributed by atoms with Crippen molar-refractivity contribution >= 4 is 32.6 Å². The molecule has 0 N–H and O–H groups in total. The zero-order valence-corrected chi connectivity index (χ0v) is 8.19. The number of nitrogens with zero attached hydrogens (tertiary/aromatic N) is 1. The van der Waals surface area contributed by atoms with Crippen LogP contribution in [0.5, 0.6) is 0 Å². The Balaban J connectivity index is 4.42. The molecule has 0 saturated carbocycles. The highest BCUT2D eigenvalue weighted by molar-refractivity contribution is 14.1. The first-order valence-electron chi connectivity index (χ1n) is 2.32. The maximum absolute atomic E-state index is 11.1. The van der Waals surface area contributed by atoms with Gasteiger partial charge in [0.1, 0.15) is 0 Å². The molecule has 0 amide bonds. The molecule has 0 fully saturated rings. The average Bonchev–Trinajstić information content (AvgIpc) is 1.67. The van der Waals surface area contributed by atoms with E-state index in [-0.39, 0.29) is 5.25 Å². The summed E-state index contributed by atoms with van der Waals surface area (Å²) in [6.07, 6.45) is 1.67. The first-order chi connectivity index (χ1) is 3.50. The Morgan fingerprint density at radius 1 is 1.62 bits per heavy atom. The van der Waals surface area contributed by atoms with Crippen LogP contribution in [-0.4, -0.2) is 15.7 Å². The molecule has 0 saturated heterocycles. The van der Waals surface area contributed by atoms with E-state index in [1.807, 2.05) is 13.8 Å². The maximum atomic E-state index is 11.1. The average molecular weight is 247 g/mol. The first-order valence-corrected chi connectivity index (χ1v) is 5.27. The number of rotatable bonds is 1. The molecule has 0 aromatic heterocycles. The monoisotopic (exact) mass is 247 g/mol. The van der Waals surface area contributed by atoms with E-state index >= 15 is 0 Å². The van der Waals surface area contributed by atoms with Gasteiger partial charge in [-0.15, -0.1) is 0 Å². The summed E-state index contributed by atoms with van der Waals surface area (Å²) in [6, 6.07) is 0. The number of halogens is 1. The summed E-state index contributed by atoms with van der Waals surface area (Å²) in [5, 5.41) is 0.166. The summed E-state index contributed by atoms with van der Waals surface area (Å²) in [7, 11) is -1.87. The lowest BCUT2D eigenvalue weighted by Gasteiger charge is -2.02. The highest BCUT2D eigenvalue weighted by Gasteiger charge is 2.04. The van der Waals surface area contributed by atoms with E-state index in [9.17, 15) is 4.21 Å². The van der Waals surface area contributed by atoms with Gasteiger partial charge in [-0.2, -0.15) is 2.58 Å². The Kier molecular flexibility index (Phi) is 3.26. The molecule has 2 nitrogen and oxygen atoms in total. The molecule has 0 spiro atoms. The molecular weight excluding hydrogens is 237 g/mol. The summed E-state index contributed by atoms with van der Waals surface area (Å²) >= 11 is 1.79. The third kappa shape index (κ3) is 2.30. The molecule has 50 valence electrons. The van der Waals surface area contributed by atoms with E-state index in [1.165, 1.54) is 0 Å². The summed E-state index contributed by atoms with van der Waals surface area (Å²) in [5.41, 5.74) is 0. The molecular formula is C4H10INOS. The van der Waals surface area contributed by atoms with Crippen molar-refractivity contribution in [3.63, 3.8) is 0 Å². The van der Waals surface area contributed by atoms with Gasteiger partial charge >= 0.3 is 0 Å². The van der Waals surface area contributed by atoms with E-state index in [4.69, 9.17) is 0 Å². The van der Waals surface area contributed by atoms with Gasteiger partial charge in [0, 0.05) is 11.5 Å². The summed E-state index contributed by atoms with van der Waals surface area (Å²) in [5.74, 6) is 0. The minimum atomic E-state index is -1.87. The molecule has 0 aromatic carbocycles. The van der Waals surface area contributed by atoms with Gasteiger partial charge in [0.2, 0.25) is 0 Å². The van der Waals surface area contributed by atoms with Crippen molar-refractivity contribution in [2.45, 2.75) is 19.1 Å². The minimum Gasteiger partial charge on any atom is -0.249 e. The van der Waals surface area contributed by atoms with Crippen LogP contribution in [-0.2, 0) is 9.73 Å². The van der Waals surface area contributed by atoms with Crippen molar-refractivity contribution < 1.29 is 4.21 Å². The maximum Gasteiger partial charge on any atom is 0.0952 e. The van der Waals surface area contributed by atoms with Crippen LogP contribution in [0, 0.1) is 0 Å². The van der Waals surface area contributed by atoms with Crippen LogP contribution in [0.2, 0.25) is 0 Å². The normalized spacial score (nSPS) is 18.1. The van der Waals surface area contributed by atoms with Gasteiger partial charge in [-0.05, 0) is 0 Å². The highest BCUT2D eigenvalue weighted by Crippen LogP contribution is 2.03. The Bertz CT molecular complexity index is 169. The van der Waals surface area contributed by atoms with Gasteiger partial charge in [0.15, 0.2) is 0 Å². The molecule has 0 radical (unpaired) electrons. The van der Waals surface area contributed by atoms with Crippen LogP contribution in [0.1, 0.15) is 13.8 Å². The van der Waals surface area contributed by atoms with Crippen LogP contribution in [0.25, 0.3) is 0 Å².